The molecule has 1 aliphatic heterocycles. The molecule has 3 rings (SSSR count). The molecule has 2 aromatic carbocycles. The average Bonchev–Trinajstić information content (AvgIpc) is 2.79. The summed E-state index contributed by atoms with van der Waals surface area (Å²) in [7, 11) is 2.02. The lowest BCUT2D eigenvalue weighted by Crippen LogP contribution is -2.46. The van der Waals surface area contributed by atoms with Crippen molar-refractivity contribution in [1.82, 2.24) is 9.80 Å². The van der Waals surface area contributed by atoms with E-state index in [1.807, 2.05) is 7.05 Å². The van der Waals surface area contributed by atoms with Crippen molar-refractivity contribution in [2.24, 2.45) is 0 Å². The van der Waals surface area contributed by atoms with E-state index >= 15 is 0 Å². The fourth-order valence-corrected chi connectivity index (χ4v) is 3.64. The zero-order valence-electron chi connectivity index (χ0n) is 18.2. The molecule has 0 unspecified atom stereocenters. The van der Waals surface area contributed by atoms with Gasteiger partial charge in [-0.25, -0.2) is 13.6 Å². The number of rotatable bonds is 9. The highest BCUT2D eigenvalue weighted by Crippen LogP contribution is 2.22. The minimum Gasteiger partial charge on any atom is -0.494 e. The molecule has 2 aromatic rings. The number of nitrogens with zero attached hydrogens (tertiary/aromatic N) is 2. The van der Waals surface area contributed by atoms with Gasteiger partial charge in [0, 0.05) is 24.1 Å². The molecule has 0 bridgehead atoms. The Labute approximate surface area is 186 Å². The SMILES string of the molecule is CN1CCC(N(Cc2ccc(F)cc2F)C(=O)OCc2ccc(OCCCF)cc2)CC1. The number of carbonyl (C=O) groups is 1. The van der Waals surface area contributed by atoms with Crippen molar-refractivity contribution in [2.45, 2.75) is 38.5 Å². The van der Waals surface area contributed by atoms with Gasteiger partial charge in [0.2, 0.25) is 0 Å². The Kier molecular flexibility index (Phi) is 8.79. The van der Waals surface area contributed by atoms with Gasteiger partial charge < -0.3 is 19.3 Å². The van der Waals surface area contributed by atoms with E-state index in [1.54, 1.807) is 24.3 Å². The van der Waals surface area contributed by atoms with Crippen LogP contribution in [0.1, 0.15) is 30.4 Å². The van der Waals surface area contributed by atoms with Crippen LogP contribution in [-0.4, -0.2) is 55.4 Å². The summed E-state index contributed by atoms with van der Waals surface area (Å²) in [4.78, 5) is 16.7. The summed E-state index contributed by atoms with van der Waals surface area (Å²) < 4.78 is 50.6. The van der Waals surface area contributed by atoms with Crippen LogP contribution in [0.2, 0.25) is 0 Å². The van der Waals surface area contributed by atoms with Crippen LogP contribution in [-0.2, 0) is 17.9 Å². The third-order valence-corrected chi connectivity index (χ3v) is 5.55. The summed E-state index contributed by atoms with van der Waals surface area (Å²) in [6, 6.07) is 10.3. The average molecular weight is 451 g/mol. The van der Waals surface area contributed by atoms with E-state index in [-0.39, 0.29) is 24.8 Å². The lowest BCUT2D eigenvalue weighted by Gasteiger charge is -2.36. The van der Waals surface area contributed by atoms with E-state index in [9.17, 15) is 18.0 Å². The molecular weight excluding hydrogens is 421 g/mol. The molecule has 0 saturated carbocycles. The Balaban J connectivity index is 1.64. The number of carbonyl (C=O) groups excluding carboxylic acids is 1. The van der Waals surface area contributed by atoms with Crippen LogP contribution < -0.4 is 4.74 Å². The number of ether oxygens (including phenoxy) is 2. The largest absolute Gasteiger partial charge is 0.494 e. The smallest absolute Gasteiger partial charge is 0.410 e. The van der Waals surface area contributed by atoms with Gasteiger partial charge in [0.15, 0.2) is 0 Å². The number of halogens is 3. The summed E-state index contributed by atoms with van der Waals surface area (Å²) in [5.74, 6) is -0.718. The molecule has 1 fully saturated rings. The van der Waals surface area contributed by atoms with E-state index < -0.39 is 24.4 Å². The summed E-state index contributed by atoms with van der Waals surface area (Å²) >= 11 is 0. The van der Waals surface area contributed by atoms with E-state index in [4.69, 9.17) is 9.47 Å². The second-order valence-electron chi connectivity index (χ2n) is 7.99. The summed E-state index contributed by atoms with van der Waals surface area (Å²) in [6.07, 6.45) is 1.30. The van der Waals surface area contributed by atoms with Crippen LogP contribution in [0.15, 0.2) is 42.5 Å². The van der Waals surface area contributed by atoms with E-state index in [0.717, 1.165) is 37.6 Å². The highest BCUT2D eigenvalue weighted by atomic mass is 19.1. The number of hydrogen-bond donors (Lipinski definition) is 0. The van der Waals surface area contributed by atoms with Crippen LogP contribution in [0.4, 0.5) is 18.0 Å². The molecule has 5 nitrogen and oxygen atoms in total. The van der Waals surface area contributed by atoms with Gasteiger partial charge in [-0.15, -0.1) is 0 Å². The minimum atomic E-state index is -0.681. The molecule has 0 spiro atoms. The Hall–Kier alpha value is -2.74. The fourth-order valence-electron chi connectivity index (χ4n) is 3.64. The predicted octanol–water partition coefficient (Wildman–Crippen LogP) is 4.94. The maximum Gasteiger partial charge on any atom is 0.410 e. The molecule has 0 aliphatic carbocycles. The third-order valence-electron chi connectivity index (χ3n) is 5.55. The molecule has 1 amide bonds. The normalized spacial score (nSPS) is 14.9. The lowest BCUT2D eigenvalue weighted by molar-refractivity contribution is 0.0599. The van der Waals surface area contributed by atoms with Crippen molar-refractivity contribution in [3.63, 3.8) is 0 Å². The molecule has 8 heteroatoms. The second kappa shape index (κ2) is 11.8. The summed E-state index contributed by atoms with van der Waals surface area (Å²) in [6.45, 7) is 1.59. The quantitative estimate of drug-likeness (QED) is 0.508. The van der Waals surface area contributed by atoms with Crippen molar-refractivity contribution < 1.29 is 27.4 Å². The summed E-state index contributed by atoms with van der Waals surface area (Å²) in [5, 5.41) is 0. The zero-order chi connectivity index (χ0) is 22.9. The first-order valence-corrected chi connectivity index (χ1v) is 10.8. The second-order valence-corrected chi connectivity index (χ2v) is 7.99. The van der Waals surface area contributed by atoms with Gasteiger partial charge in [0.05, 0.1) is 19.8 Å². The Morgan fingerprint density at radius 2 is 1.84 bits per heavy atom. The monoisotopic (exact) mass is 450 g/mol. The van der Waals surface area contributed by atoms with Crippen LogP contribution in [0.5, 0.6) is 5.75 Å². The minimum absolute atomic E-state index is 0.0146. The van der Waals surface area contributed by atoms with Gasteiger partial charge in [0.25, 0.3) is 0 Å². The van der Waals surface area contributed by atoms with Gasteiger partial charge in [-0.3, -0.25) is 4.39 Å². The molecule has 1 aliphatic rings. The molecule has 0 N–H and O–H groups in total. The first-order chi connectivity index (χ1) is 15.5. The zero-order valence-corrected chi connectivity index (χ0v) is 18.2. The predicted molar refractivity (Wildman–Crippen MR) is 115 cm³/mol. The van der Waals surface area contributed by atoms with Crippen LogP contribution in [0.25, 0.3) is 0 Å². The molecule has 1 heterocycles. The molecule has 0 atom stereocenters. The number of hydrogen-bond acceptors (Lipinski definition) is 4. The van der Waals surface area contributed by atoms with Gasteiger partial charge in [-0.2, -0.15) is 0 Å². The lowest BCUT2D eigenvalue weighted by atomic mass is 10.0. The van der Waals surface area contributed by atoms with Crippen molar-refractivity contribution >= 4 is 6.09 Å². The first-order valence-electron chi connectivity index (χ1n) is 10.8. The van der Waals surface area contributed by atoms with Crippen LogP contribution in [0.3, 0.4) is 0 Å². The molecule has 1 saturated heterocycles. The number of amides is 1. The fraction of sp³-hybridized carbons (Fsp3) is 0.458. The molecule has 174 valence electrons. The number of benzene rings is 2. The van der Waals surface area contributed by atoms with E-state index in [0.29, 0.717) is 18.8 Å². The van der Waals surface area contributed by atoms with Crippen molar-refractivity contribution in [2.75, 3.05) is 33.4 Å². The molecular formula is C24H29F3N2O3. The van der Waals surface area contributed by atoms with E-state index in [1.165, 1.54) is 17.0 Å². The number of likely N-dealkylation sites (tertiary alicyclic amines) is 1. The Morgan fingerprint density at radius 1 is 1.12 bits per heavy atom. The van der Waals surface area contributed by atoms with Gasteiger partial charge in [-0.1, -0.05) is 18.2 Å². The van der Waals surface area contributed by atoms with Crippen LogP contribution in [0, 0.1) is 11.6 Å². The number of piperidine rings is 1. The van der Waals surface area contributed by atoms with Gasteiger partial charge >= 0.3 is 6.09 Å². The van der Waals surface area contributed by atoms with Crippen molar-refractivity contribution in [3.8, 4) is 5.75 Å². The topological polar surface area (TPSA) is 42.0 Å². The Morgan fingerprint density at radius 3 is 2.50 bits per heavy atom. The highest BCUT2D eigenvalue weighted by molar-refractivity contribution is 5.68. The first kappa shape index (κ1) is 23.9. The molecule has 32 heavy (non-hydrogen) atoms. The van der Waals surface area contributed by atoms with Crippen molar-refractivity contribution in [3.05, 3.63) is 65.2 Å². The summed E-state index contributed by atoms with van der Waals surface area (Å²) in [5.41, 5.74) is 1.02. The van der Waals surface area contributed by atoms with Crippen molar-refractivity contribution in [1.29, 1.82) is 0 Å². The molecule has 0 aromatic heterocycles. The van der Waals surface area contributed by atoms with Gasteiger partial charge in [-0.05, 0) is 56.7 Å². The van der Waals surface area contributed by atoms with Crippen LogP contribution >= 0.6 is 0 Å². The maximum atomic E-state index is 14.2. The number of alkyl halides is 1. The molecule has 0 radical (unpaired) electrons. The third kappa shape index (κ3) is 6.88. The standard InChI is InChI=1S/C24H29F3N2O3/c1-28-12-9-21(10-13-28)29(16-19-5-6-20(26)15-23(19)27)24(30)32-17-18-3-7-22(8-4-18)31-14-2-11-25/h3-8,15,21H,2,9-14,16-17H2,1H3. The van der Waals surface area contributed by atoms with E-state index in [2.05, 4.69) is 4.90 Å². The highest BCUT2D eigenvalue weighted by Gasteiger charge is 2.29. The maximum absolute atomic E-state index is 14.2. The Bertz CT molecular complexity index is 871. The van der Waals surface area contributed by atoms with Gasteiger partial charge in [0.1, 0.15) is 24.0 Å².